The molecule has 2 heterocycles. The first-order chi connectivity index (χ1) is 8.68. The van der Waals surface area contributed by atoms with E-state index in [9.17, 15) is 0 Å². The summed E-state index contributed by atoms with van der Waals surface area (Å²) in [4.78, 5) is 0. The lowest BCUT2D eigenvalue weighted by Gasteiger charge is -2.36. The Hall–Kier alpha value is -0.120. The maximum Gasteiger partial charge on any atom is 0.0471 e. The van der Waals surface area contributed by atoms with Crippen LogP contribution in [0.5, 0.6) is 0 Å². The molecule has 0 saturated carbocycles. The van der Waals surface area contributed by atoms with Crippen LogP contribution >= 0.6 is 0 Å². The number of nitrogens with one attached hydrogen (secondary N) is 2. The van der Waals surface area contributed by atoms with E-state index >= 15 is 0 Å². The molecule has 2 aliphatic heterocycles. The third-order valence-electron chi connectivity index (χ3n) is 4.86. The lowest BCUT2D eigenvalue weighted by molar-refractivity contribution is 0.0229. The van der Waals surface area contributed by atoms with Gasteiger partial charge in [0.25, 0.3) is 0 Å². The van der Waals surface area contributed by atoms with Gasteiger partial charge in [0.15, 0.2) is 0 Å². The Morgan fingerprint density at radius 3 is 2.56 bits per heavy atom. The number of hydrogen-bond donors (Lipinski definition) is 2. The minimum atomic E-state index is 0.456. The Labute approximate surface area is 112 Å². The van der Waals surface area contributed by atoms with E-state index in [0.29, 0.717) is 10.8 Å². The SMILES string of the molecule is CCCC1(CNCC2(C)CCOCC2)CCNC1. The molecule has 0 bridgehead atoms. The Morgan fingerprint density at radius 2 is 1.94 bits per heavy atom. The van der Waals surface area contributed by atoms with Gasteiger partial charge in [0.1, 0.15) is 0 Å². The molecular weight excluding hydrogens is 224 g/mol. The van der Waals surface area contributed by atoms with Crippen LogP contribution in [-0.2, 0) is 4.74 Å². The van der Waals surface area contributed by atoms with E-state index in [1.165, 1.54) is 51.7 Å². The third kappa shape index (κ3) is 3.69. The predicted molar refractivity (Wildman–Crippen MR) is 75.9 cm³/mol. The second-order valence-corrected chi connectivity index (χ2v) is 6.70. The van der Waals surface area contributed by atoms with E-state index in [1.807, 2.05) is 0 Å². The Balaban J connectivity index is 1.75. The van der Waals surface area contributed by atoms with E-state index < -0.39 is 0 Å². The molecule has 18 heavy (non-hydrogen) atoms. The van der Waals surface area contributed by atoms with Gasteiger partial charge in [-0.05, 0) is 43.1 Å². The predicted octanol–water partition coefficient (Wildman–Crippen LogP) is 2.17. The van der Waals surface area contributed by atoms with Gasteiger partial charge in [0, 0.05) is 32.8 Å². The molecule has 2 rings (SSSR count). The van der Waals surface area contributed by atoms with E-state index in [-0.39, 0.29) is 0 Å². The summed E-state index contributed by atoms with van der Waals surface area (Å²) in [6.07, 6.45) is 6.41. The van der Waals surface area contributed by atoms with Gasteiger partial charge in [0.05, 0.1) is 0 Å². The first-order valence-corrected chi connectivity index (χ1v) is 7.67. The molecule has 3 nitrogen and oxygen atoms in total. The van der Waals surface area contributed by atoms with E-state index in [0.717, 1.165) is 19.8 Å². The summed E-state index contributed by atoms with van der Waals surface area (Å²) in [5.74, 6) is 0. The molecule has 1 atom stereocenters. The first kappa shape index (κ1) is 14.3. The van der Waals surface area contributed by atoms with Crippen LogP contribution in [0.25, 0.3) is 0 Å². The molecule has 0 aliphatic carbocycles. The van der Waals surface area contributed by atoms with Crippen molar-refractivity contribution in [2.75, 3.05) is 39.4 Å². The largest absolute Gasteiger partial charge is 0.381 e. The van der Waals surface area contributed by atoms with Crippen LogP contribution in [0.2, 0.25) is 0 Å². The van der Waals surface area contributed by atoms with Crippen molar-refractivity contribution in [3.63, 3.8) is 0 Å². The van der Waals surface area contributed by atoms with Crippen LogP contribution in [0.4, 0.5) is 0 Å². The molecule has 0 spiro atoms. The molecule has 0 aromatic heterocycles. The average molecular weight is 254 g/mol. The first-order valence-electron chi connectivity index (χ1n) is 7.67. The summed E-state index contributed by atoms with van der Waals surface area (Å²) in [7, 11) is 0. The zero-order chi connectivity index (χ0) is 12.9. The molecule has 2 fully saturated rings. The van der Waals surface area contributed by atoms with Crippen molar-refractivity contribution < 1.29 is 4.74 Å². The van der Waals surface area contributed by atoms with Crippen molar-refractivity contribution in [2.45, 2.75) is 46.0 Å². The second kappa shape index (κ2) is 6.36. The molecule has 0 radical (unpaired) electrons. The van der Waals surface area contributed by atoms with Gasteiger partial charge in [-0.25, -0.2) is 0 Å². The minimum absolute atomic E-state index is 0.456. The van der Waals surface area contributed by atoms with E-state index in [4.69, 9.17) is 4.74 Å². The molecule has 0 aromatic rings. The molecule has 3 heteroatoms. The molecular formula is C15H30N2O. The van der Waals surface area contributed by atoms with Crippen molar-refractivity contribution >= 4 is 0 Å². The van der Waals surface area contributed by atoms with Crippen LogP contribution in [-0.4, -0.2) is 39.4 Å². The Kier molecular flexibility index (Phi) is 5.05. The van der Waals surface area contributed by atoms with E-state index in [1.54, 1.807) is 0 Å². The molecule has 2 N–H and O–H groups in total. The Morgan fingerprint density at radius 1 is 1.17 bits per heavy atom. The lowest BCUT2D eigenvalue weighted by Crippen LogP contribution is -2.42. The van der Waals surface area contributed by atoms with Gasteiger partial charge >= 0.3 is 0 Å². The summed E-state index contributed by atoms with van der Waals surface area (Å²) in [6.45, 7) is 11.3. The smallest absolute Gasteiger partial charge is 0.0471 e. The standard InChI is InChI=1S/C15H30N2O/c1-3-4-15(5-8-16-12-15)13-17-11-14(2)6-9-18-10-7-14/h16-17H,3-13H2,1-2H3. The van der Waals surface area contributed by atoms with E-state index in [2.05, 4.69) is 24.5 Å². The van der Waals surface area contributed by atoms with Gasteiger partial charge in [-0.1, -0.05) is 20.3 Å². The topological polar surface area (TPSA) is 33.3 Å². The zero-order valence-electron chi connectivity index (χ0n) is 12.2. The second-order valence-electron chi connectivity index (χ2n) is 6.70. The monoisotopic (exact) mass is 254 g/mol. The highest BCUT2D eigenvalue weighted by molar-refractivity contribution is 4.90. The van der Waals surface area contributed by atoms with Crippen LogP contribution in [0.1, 0.15) is 46.0 Å². The van der Waals surface area contributed by atoms with Crippen molar-refractivity contribution in [2.24, 2.45) is 10.8 Å². The van der Waals surface area contributed by atoms with Crippen molar-refractivity contribution in [3.05, 3.63) is 0 Å². The van der Waals surface area contributed by atoms with Gasteiger partial charge < -0.3 is 15.4 Å². The molecule has 0 aromatic carbocycles. The fourth-order valence-electron chi connectivity index (χ4n) is 3.45. The third-order valence-corrected chi connectivity index (χ3v) is 4.86. The normalized spacial score (nSPS) is 31.7. The highest BCUT2D eigenvalue weighted by Crippen LogP contribution is 2.32. The summed E-state index contributed by atoms with van der Waals surface area (Å²) < 4.78 is 5.47. The molecule has 106 valence electrons. The van der Waals surface area contributed by atoms with Gasteiger partial charge in [-0.3, -0.25) is 0 Å². The summed E-state index contributed by atoms with van der Waals surface area (Å²) >= 11 is 0. The maximum atomic E-state index is 5.47. The van der Waals surface area contributed by atoms with Gasteiger partial charge in [-0.2, -0.15) is 0 Å². The Bertz CT molecular complexity index is 243. The average Bonchev–Trinajstić information content (AvgIpc) is 2.79. The molecule has 0 amide bonds. The number of ether oxygens (including phenoxy) is 1. The van der Waals surface area contributed by atoms with Crippen LogP contribution in [0.15, 0.2) is 0 Å². The van der Waals surface area contributed by atoms with Crippen LogP contribution in [0, 0.1) is 10.8 Å². The van der Waals surface area contributed by atoms with Crippen molar-refractivity contribution in [3.8, 4) is 0 Å². The minimum Gasteiger partial charge on any atom is -0.381 e. The van der Waals surface area contributed by atoms with Crippen molar-refractivity contribution in [1.82, 2.24) is 10.6 Å². The fourth-order valence-corrected chi connectivity index (χ4v) is 3.45. The molecule has 2 aliphatic rings. The van der Waals surface area contributed by atoms with Crippen molar-refractivity contribution in [1.29, 1.82) is 0 Å². The highest BCUT2D eigenvalue weighted by Gasteiger charge is 2.34. The summed E-state index contributed by atoms with van der Waals surface area (Å²) in [5.41, 5.74) is 0.980. The van der Waals surface area contributed by atoms with Gasteiger partial charge in [0.2, 0.25) is 0 Å². The maximum absolute atomic E-state index is 5.47. The molecule has 1 unspecified atom stereocenters. The summed E-state index contributed by atoms with van der Waals surface area (Å²) in [6, 6.07) is 0. The zero-order valence-corrected chi connectivity index (χ0v) is 12.2. The van der Waals surface area contributed by atoms with Gasteiger partial charge in [-0.15, -0.1) is 0 Å². The van der Waals surface area contributed by atoms with Crippen LogP contribution < -0.4 is 10.6 Å². The quantitative estimate of drug-likeness (QED) is 0.762. The highest BCUT2D eigenvalue weighted by atomic mass is 16.5. The molecule has 2 saturated heterocycles. The number of rotatable bonds is 6. The summed E-state index contributed by atoms with van der Waals surface area (Å²) in [5, 5.41) is 7.30. The number of hydrogen-bond acceptors (Lipinski definition) is 3. The van der Waals surface area contributed by atoms with Crippen LogP contribution in [0.3, 0.4) is 0 Å². The lowest BCUT2D eigenvalue weighted by atomic mass is 9.80. The fraction of sp³-hybridized carbons (Fsp3) is 1.00.